The van der Waals surface area contributed by atoms with Crippen molar-refractivity contribution in [1.29, 1.82) is 0 Å². The van der Waals surface area contributed by atoms with E-state index in [1.807, 2.05) is 19.0 Å². The molecule has 0 aromatic heterocycles. The van der Waals surface area contributed by atoms with Crippen molar-refractivity contribution in [2.24, 2.45) is 0 Å². The quantitative estimate of drug-likeness (QED) is 0.668. The molecule has 1 rings (SSSR count). The highest BCUT2D eigenvalue weighted by molar-refractivity contribution is 7.89. The molecule has 23 heavy (non-hydrogen) atoms. The van der Waals surface area contributed by atoms with Crippen LogP contribution in [-0.2, 0) is 20.0 Å². The highest BCUT2D eigenvalue weighted by Gasteiger charge is 2.19. The fourth-order valence-electron chi connectivity index (χ4n) is 1.78. The lowest BCUT2D eigenvalue weighted by molar-refractivity contribution is 0.336. The van der Waals surface area contributed by atoms with Gasteiger partial charge in [0.1, 0.15) is 0 Å². The molecule has 1 N–H and O–H groups in total. The van der Waals surface area contributed by atoms with Gasteiger partial charge >= 0.3 is 0 Å². The number of nitrogens with zero attached hydrogens (tertiary/aromatic N) is 2. The summed E-state index contributed by atoms with van der Waals surface area (Å²) in [5.41, 5.74) is 0. The molecule has 0 fully saturated rings. The molecule has 7 nitrogen and oxygen atoms in total. The number of nitrogens with one attached hydrogen (secondary N) is 1. The van der Waals surface area contributed by atoms with E-state index < -0.39 is 20.0 Å². The Labute approximate surface area is 143 Å². The summed E-state index contributed by atoms with van der Waals surface area (Å²) in [5.74, 6) is 0. The minimum absolute atomic E-state index is 0.0185. The third-order valence-corrected chi connectivity index (χ3v) is 6.02. The standard InChI is InChI=1S/C13H22ClN3O4S2/c1-16(2)9-10-17(22(3,18)19)8-7-15-23(20,21)13-6-4-5-12(14)11-13/h4-6,11,15H,7-10H2,1-3H3. The monoisotopic (exact) mass is 383 g/mol. The van der Waals surface area contributed by atoms with E-state index in [2.05, 4.69) is 4.72 Å². The molecule has 1 aromatic rings. The van der Waals surface area contributed by atoms with Crippen molar-refractivity contribution in [1.82, 2.24) is 13.9 Å². The van der Waals surface area contributed by atoms with Gasteiger partial charge in [0.15, 0.2) is 0 Å². The van der Waals surface area contributed by atoms with Crippen LogP contribution in [-0.4, -0.2) is 72.6 Å². The van der Waals surface area contributed by atoms with E-state index in [4.69, 9.17) is 11.6 Å². The Morgan fingerprint density at radius 3 is 2.26 bits per heavy atom. The largest absolute Gasteiger partial charge is 0.308 e. The average molecular weight is 384 g/mol. The fourth-order valence-corrected chi connectivity index (χ4v) is 3.93. The third-order valence-electron chi connectivity index (χ3n) is 3.03. The summed E-state index contributed by atoms with van der Waals surface area (Å²) in [6.07, 6.45) is 1.11. The summed E-state index contributed by atoms with van der Waals surface area (Å²) in [6, 6.07) is 5.88. The third kappa shape index (κ3) is 7.15. The van der Waals surface area contributed by atoms with Crippen molar-refractivity contribution in [3.8, 4) is 0 Å². The Morgan fingerprint density at radius 1 is 1.09 bits per heavy atom. The molecule has 0 bridgehead atoms. The van der Waals surface area contributed by atoms with E-state index in [0.717, 1.165) is 6.26 Å². The van der Waals surface area contributed by atoms with Crippen LogP contribution in [0.3, 0.4) is 0 Å². The van der Waals surface area contributed by atoms with E-state index in [1.165, 1.54) is 22.5 Å². The molecular formula is C13H22ClN3O4S2. The lowest BCUT2D eigenvalue weighted by atomic mass is 10.4. The van der Waals surface area contributed by atoms with E-state index in [9.17, 15) is 16.8 Å². The van der Waals surface area contributed by atoms with Crippen molar-refractivity contribution in [2.75, 3.05) is 46.5 Å². The maximum absolute atomic E-state index is 12.1. The molecule has 1 aromatic carbocycles. The van der Waals surface area contributed by atoms with Crippen LogP contribution in [0.25, 0.3) is 0 Å². The average Bonchev–Trinajstić information content (AvgIpc) is 2.40. The number of benzene rings is 1. The summed E-state index contributed by atoms with van der Waals surface area (Å²) in [7, 11) is -3.45. The van der Waals surface area contributed by atoms with Crippen LogP contribution in [0.2, 0.25) is 5.02 Å². The van der Waals surface area contributed by atoms with Crippen LogP contribution in [0.1, 0.15) is 0 Å². The smallest absolute Gasteiger partial charge is 0.240 e. The number of likely N-dealkylation sites (N-methyl/N-ethyl adjacent to an activating group) is 1. The first-order chi connectivity index (χ1) is 10.5. The maximum Gasteiger partial charge on any atom is 0.240 e. The number of halogens is 1. The fraction of sp³-hybridized carbons (Fsp3) is 0.538. The van der Waals surface area contributed by atoms with Gasteiger partial charge in [0.25, 0.3) is 0 Å². The Hall–Kier alpha value is -0.710. The van der Waals surface area contributed by atoms with Crippen LogP contribution < -0.4 is 4.72 Å². The number of rotatable bonds is 9. The van der Waals surface area contributed by atoms with Gasteiger partial charge < -0.3 is 4.90 Å². The predicted octanol–water partition coefficient (Wildman–Crippen LogP) is 0.442. The summed E-state index contributed by atoms with van der Waals surface area (Å²) in [4.78, 5) is 1.90. The minimum Gasteiger partial charge on any atom is -0.308 e. The molecule has 0 saturated heterocycles. The zero-order chi connectivity index (χ0) is 17.7. The van der Waals surface area contributed by atoms with E-state index in [1.54, 1.807) is 6.07 Å². The molecule has 10 heteroatoms. The molecule has 0 spiro atoms. The van der Waals surface area contributed by atoms with Gasteiger partial charge in [0.2, 0.25) is 20.0 Å². The van der Waals surface area contributed by atoms with Crippen molar-refractivity contribution in [3.05, 3.63) is 29.3 Å². The maximum atomic E-state index is 12.1. The second-order valence-corrected chi connectivity index (χ2v) is 9.51. The topological polar surface area (TPSA) is 86.8 Å². The normalized spacial score (nSPS) is 13.0. The van der Waals surface area contributed by atoms with Crippen molar-refractivity contribution >= 4 is 31.6 Å². The molecule has 0 unspecified atom stereocenters. The molecule has 0 aliphatic carbocycles. The Balaban J connectivity index is 2.68. The van der Waals surface area contributed by atoms with Gasteiger partial charge in [-0.15, -0.1) is 0 Å². The van der Waals surface area contributed by atoms with Gasteiger partial charge in [-0.3, -0.25) is 0 Å². The van der Waals surface area contributed by atoms with Gasteiger partial charge in [0, 0.05) is 31.2 Å². The lowest BCUT2D eigenvalue weighted by Gasteiger charge is -2.22. The van der Waals surface area contributed by atoms with Gasteiger partial charge in [-0.1, -0.05) is 17.7 Å². The zero-order valence-corrected chi connectivity index (χ0v) is 15.7. The van der Waals surface area contributed by atoms with Crippen molar-refractivity contribution < 1.29 is 16.8 Å². The molecule has 0 amide bonds. The Morgan fingerprint density at radius 2 is 1.74 bits per heavy atom. The van der Waals surface area contributed by atoms with Crippen LogP contribution in [0.5, 0.6) is 0 Å². The van der Waals surface area contributed by atoms with Gasteiger partial charge in [-0.2, -0.15) is 4.31 Å². The second kappa shape index (κ2) is 8.41. The summed E-state index contributed by atoms with van der Waals surface area (Å²) >= 11 is 5.78. The van der Waals surface area contributed by atoms with Crippen LogP contribution in [0.4, 0.5) is 0 Å². The number of hydrogen-bond donors (Lipinski definition) is 1. The van der Waals surface area contributed by atoms with Gasteiger partial charge in [-0.25, -0.2) is 21.6 Å². The molecule has 132 valence electrons. The van der Waals surface area contributed by atoms with Crippen molar-refractivity contribution in [3.63, 3.8) is 0 Å². The SMILES string of the molecule is CN(C)CCN(CCNS(=O)(=O)c1cccc(Cl)c1)S(C)(=O)=O. The highest BCUT2D eigenvalue weighted by atomic mass is 35.5. The molecule has 0 atom stereocenters. The Kier molecular flexibility index (Phi) is 7.43. The van der Waals surface area contributed by atoms with E-state index in [-0.39, 0.29) is 18.0 Å². The molecular weight excluding hydrogens is 362 g/mol. The molecule has 0 aliphatic heterocycles. The van der Waals surface area contributed by atoms with Crippen LogP contribution in [0, 0.1) is 0 Å². The minimum atomic E-state index is -3.72. The summed E-state index contributed by atoms with van der Waals surface area (Å²) < 4.78 is 51.4. The van der Waals surface area contributed by atoms with Gasteiger partial charge in [-0.05, 0) is 32.3 Å². The Bertz CT molecular complexity index is 720. The summed E-state index contributed by atoms with van der Waals surface area (Å²) in [5, 5.41) is 0.316. The van der Waals surface area contributed by atoms with E-state index in [0.29, 0.717) is 18.1 Å². The molecule has 0 radical (unpaired) electrons. The summed E-state index contributed by atoms with van der Waals surface area (Å²) in [6.45, 7) is 0.890. The number of sulfonamides is 2. The second-order valence-electron chi connectivity index (χ2n) is 5.32. The molecule has 0 saturated carbocycles. The van der Waals surface area contributed by atoms with Crippen LogP contribution >= 0.6 is 11.6 Å². The van der Waals surface area contributed by atoms with Crippen molar-refractivity contribution in [2.45, 2.75) is 4.90 Å². The molecule has 0 aliphatic rings. The lowest BCUT2D eigenvalue weighted by Crippen LogP contribution is -2.41. The zero-order valence-electron chi connectivity index (χ0n) is 13.4. The first-order valence-electron chi connectivity index (χ1n) is 6.87. The van der Waals surface area contributed by atoms with Gasteiger partial charge in [0.05, 0.1) is 11.2 Å². The highest BCUT2D eigenvalue weighted by Crippen LogP contribution is 2.15. The number of hydrogen-bond acceptors (Lipinski definition) is 5. The van der Waals surface area contributed by atoms with Crippen LogP contribution in [0.15, 0.2) is 29.2 Å². The molecule has 0 heterocycles. The van der Waals surface area contributed by atoms with E-state index >= 15 is 0 Å². The first kappa shape index (κ1) is 20.3. The predicted molar refractivity (Wildman–Crippen MR) is 91.6 cm³/mol. The first-order valence-corrected chi connectivity index (χ1v) is 10.6.